The van der Waals surface area contributed by atoms with Crippen LogP contribution < -0.4 is 5.32 Å². The summed E-state index contributed by atoms with van der Waals surface area (Å²) in [6, 6.07) is 6.49. The molecule has 3 aromatic rings. The fourth-order valence-electron chi connectivity index (χ4n) is 2.90. The van der Waals surface area contributed by atoms with Crippen molar-refractivity contribution < 1.29 is 0 Å². The van der Waals surface area contributed by atoms with Crippen LogP contribution in [0.1, 0.15) is 28.7 Å². The Labute approximate surface area is 137 Å². The first-order chi connectivity index (χ1) is 11.0. The second-order valence-corrected chi connectivity index (χ2v) is 6.28. The van der Waals surface area contributed by atoms with Crippen molar-refractivity contribution in [3.8, 4) is 0 Å². The molecule has 0 amide bonds. The van der Waals surface area contributed by atoms with E-state index in [4.69, 9.17) is 4.98 Å². The number of rotatable bonds is 5. The van der Waals surface area contributed by atoms with Gasteiger partial charge < -0.3 is 5.32 Å². The van der Waals surface area contributed by atoms with Gasteiger partial charge in [-0.05, 0) is 61.9 Å². The number of nitrogens with zero attached hydrogens (tertiary/aromatic N) is 3. The minimum atomic E-state index is 0.914. The van der Waals surface area contributed by atoms with Gasteiger partial charge in [0.25, 0.3) is 0 Å². The van der Waals surface area contributed by atoms with Crippen molar-refractivity contribution in [1.29, 1.82) is 0 Å². The smallest absolute Gasteiger partial charge is 0.126 e. The van der Waals surface area contributed by atoms with E-state index in [0.29, 0.717) is 0 Å². The highest BCUT2D eigenvalue weighted by Gasteiger charge is 2.07. The first-order valence-corrected chi connectivity index (χ1v) is 8.13. The van der Waals surface area contributed by atoms with Gasteiger partial charge in [-0.2, -0.15) is 5.10 Å². The molecule has 120 valence electrons. The van der Waals surface area contributed by atoms with E-state index in [2.05, 4.69) is 55.6 Å². The molecule has 0 bridgehead atoms. The van der Waals surface area contributed by atoms with Crippen molar-refractivity contribution in [3.05, 3.63) is 52.8 Å². The Kier molecular flexibility index (Phi) is 4.33. The molecule has 0 spiro atoms. The van der Waals surface area contributed by atoms with E-state index < -0.39 is 0 Å². The van der Waals surface area contributed by atoms with E-state index >= 15 is 0 Å². The highest BCUT2D eigenvalue weighted by Crippen LogP contribution is 2.25. The Balaban J connectivity index is 1.69. The molecule has 1 aromatic carbocycles. The van der Waals surface area contributed by atoms with Gasteiger partial charge in [0.2, 0.25) is 0 Å². The molecule has 4 nitrogen and oxygen atoms in total. The molecule has 4 heteroatoms. The molecule has 0 radical (unpaired) electrons. The fourth-order valence-corrected chi connectivity index (χ4v) is 2.90. The second-order valence-electron chi connectivity index (χ2n) is 6.28. The number of anilines is 1. The molecule has 0 fully saturated rings. The summed E-state index contributed by atoms with van der Waals surface area (Å²) in [5.41, 5.74) is 6.22. The van der Waals surface area contributed by atoms with Gasteiger partial charge in [0.05, 0.1) is 11.7 Å². The minimum Gasteiger partial charge on any atom is -0.370 e. The maximum absolute atomic E-state index is 4.82. The fraction of sp³-hybridized carbons (Fsp3) is 0.368. The van der Waals surface area contributed by atoms with Gasteiger partial charge in [-0.1, -0.05) is 12.1 Å². The zero-order valence-electron chi connectivity index (χ0n) is 14.3. The summed E-state index contributed by atoms with van der Waals surface area (Å²) in [5, 5.41) is 8.91. The Bertz CT molecular complexity index is 833. The predicted octanol–water partition coefficient (Wildman–Crippen LogP) is 3.94. The normalized spacial score (nSPS) is 11.1. The van der Waals surface area contributed by atoms with Crippen LogP contribution in [0.5, 0.6) is 0 Å². The van der Waals surface area contributed by atoms with Crippen molar-refractivity contribution in [1.82, 2.24) is 14.8 Å². The summed E-state index contributed by atoms with van der Waals surface area (Å²) in [7, 11) is 1.95. The summed E-state index contributed by atoms with van der Waals surface area (Å²) in [5.74, 6) is 0.967. The lowest BCUT2D eigenvalue weighted by Gasteiger charge is -2.11. The predicted molar refractivity (Wildman–Crippen MR) is 96.0 cm³/mol. The van der Waals surface area contributed by atoms with Crippen LogP contribution in [-0.2, 0) is 13.5 Å². The molecule has 0 saturated heterocycles. The van der Waals surface area contributed by atoms with Crippen LogP contribution in [0.15, 0.2) is 30.6 Å². The molecule has 0 aliphatic carbocycles. The summed E-state index contributed by atoms with van der Waals surface area (Å²) in [6.45, 7) is 7.35. The summed E-state index contributed by atoms with van der Waals surface area (Å²) in [6.07, 6.45) is 6.11. The van der Waals surface area contributed by atoms with Crippen molar-refractivity contribution >= 4 is 16.7 Å². The maximum atomic E-state index is 4.82. The molecule has 3 rings (SSSR count). The van der Waals surface area contributed by atoms with Crippen LogP contribution in [0.25, 0.3) is 10.9 Å². The molecule has 23 heavy (non-hydrogen) atoms. The third-order valence-corrected chi connectivity index (χ3v) is 4.42. The van der Waals surface area contributed by atoms with Crippen molar-refractivity contribution in [2.45, 2.75) is 33.6 Å². The first-order valence-electron chi connectivity index (χ1n) is 8.13. The molecular weight excluding hydrogens is 284 g/mol. The molecule has 1 N–H and O–H groups in total. The summed E-state index contributed by atoms with van der Waals surface area (Å²) < 4.78 is 1.85. The van der Waals surface area contributed by atoms with E-state index in [1.165, 1.54) is 27.6 Å². The highest BCUT2D eigenvalue weighted by atomic mass is 15.2. The molecule has 0 atom stereocenters. The van der Waals surface area contributed by atoms with E-state index in [9.17, 15) is 0 Å². The van der Waals surface area contributed by atoms with Gasteiger partial charge in [-0.3, -0.25) is 4.68 Å². The number of hydrogen-bond acceptors (Lipinski definition) is 3. The van der Waals surface area contributed by atoms with Gasteiger partial charge in [0, 0.05) is 25.2 Å². The number of nitrogens with one attached hydrogen (secondary N) is 1. The van der Waals surface area contributed by atoms with E-state index in [1.807, 2.05) is 17.9 Å². The summed E-state index contributed by atoms with van der Waals surface area (Å²) in [4.78, 5) is 4.82. The zero-order valence-corrected chi connectivity index (χ0v) is 14.3. The van der Waals surface area contributed by atoms with Gasteiger partial charge in [-0.15, -0.1) is 0 Å². The Hall–Kier alpha value is -2.36. The van der Waals surface area contributed by atoms with Gasteiger partial charge in [0.15, 0.2) is 0 Å². The molecule has 2 heterocycles. The largest absolute Gasteiger partial charge is 0.370 e. The summed E-state index contributed by atoms with van der Waals surface area (Å²) >= 11 is 0. The number of hydrogen-bond donors (Lipinski definition) is 1. The van der Waals surface area contributed by atoms with Crippen molar-refractivity contribution in [2.75, 3.05) is 11.9 Å². The van der Waals surface area contributed by atoms with E-state index in [0.717, 1.165) is 30.7 Å². The van der Waals surface area contributed by atoms with Crippen LogP contribution in [0.2, 0.25) is 0 Å². The number of aryl methyl sites for hydroxylation is 5. The molecule has 0 aliphatic rings. The molecule has 0 aliphatic heterocycles. The second kappa shape index (κ2) is 6.41. The Morgan fingerprint density at radius 2 is 1.96 bits per heavy atom. The number of aromatic nitrogens is 3. The van der Waals surface area contributed by atoms with Crippen LogP contribution in [0.3, 0.4) is 0 Å². The third kappa shape index (κ3) is 3.36. The quantitative estimate of drug-likeness (QED) is 0.726. The van der Waals surface area contributed by atoms with Gasteiger partial charge >= 0.3 is 0 Å². The zero-order chi connectivity index (χ0) is 16.4. The SMILES string of the molecule is Cc1ccc2c(C)cc(NCCCc3cnn(C)c3)nc2c1C. The lowest BCUT2D eigenvalue weighted by molar-refractivity contribution is 0.765. The third-order valence-electron chi connectivity index (χ3n) is 4.42. The highest BCUT2D eigenvalue weighted by molar-refractivity contribution is 5.87. The van der Waals surface area contributed by atoms with E-state index in [-0.39, 0.29) is 0 Å². The van der Waals surface area contributed by atoms with Crippen LogP contribution in [0.4, 0.5) is 5.82 Å². The number of benzene rings is 1. The topological polar surface area (TPSA) is 42.7 Å². The number of fused-ring (bicyclic) bond motifs is 1. The van der Waals surface area contributed by atoms with Gasteiger partial charge in [-0.25, -0.2) is 4.98 Å². The maximum Gasteiger partial charge on any atom is 0.126 e. The average Bonchev–Trinajstić information content (AvgIpc) is 2.93. The molecule has 0 unspecified atom stereocenters. The monoisotopic (exact) mass is 308 g/mol. The Morgan fingerprint density at radius 1 is 1.13 bits per heavy atom. The molecular formula is C19H24N4. The standard InChI is InChI=1S/C19H24N4/c1-13-7-8-17-14(2)10-18(22-19(17)15(13)3)20-9-5-6-16-11-21-23(4)12-16/h7-8,10-12H,5-6,9H2,1-4H3,(H,20,22). The van der Waals surface area contributed by atoms with Crippen LogP contribution >= 0.6 is 0 Å². The Morgan fingerprint density at radius 3 is 2.70 bits per heavy atom. The van der Waals surface area contributed by atoms with Crippen LogP contribution in [-0.4, -0.2) is 21.3 Å². The van der Waals surface area contributed by atoms with Crippen LogP contribution in [0, 0.1) is 20.8 Å². The minimum absolute atomic E-state index is 0.914. The lowest BCUT2D eigenvalue weighted by Crippen LogP contribution is -2.05. The molecule has 2 aromatic heterocycles. The first kappa shape index (κ1) is 15.5. The number of pyridine rings is 1. The van der Waals surface area contributed by atoms with Gasteiger partial charge in [0.1, 0.15) is 5.82 Å². The van der Waals surface area contributed by atoms with E-state index in [1.54, 1.807) is 0 Å². The van der Waals surface area contributed by atoms with Crippen molar-refractivity contribution in [2.24, 2.45) is 7.05 Å². The lowest BCUT2D eigenvalue weighted by atomic mass is 10.0. The molecule has 0 saturated carbocycles. The average molecular weight is 308 g/mol. The van der Waals surface area contributed by atoms with Crippen molar-refractivity contribution in [3.63, 3.8) is 0 Å².